The van der Waals surface area contributed by atoms with Crippen LogP contribution in [-0.2, 0) is 10.0 Å². The van der Waals surface area contributed by atoms with Gasteiger partial charge in [-0.25, -0.2) is 13.1 Å². The van der Waals surface area contributed by atoms with E-state index in [-0.39, 0.29) is 10.8 Å². The lowest BCUT2D eigenvalue weighted by Gasteiger charge is -2.09. The van der Waals surface area contributed by atoms with Gasteiger partial charge in [-0.2, -0.15) is 0 Å². The average Bonchev–Trinajstić information content (AvgIpc) is 2.36. The molecule has 0 aliphatic heterocycles. The van der Waals surface area contributed by atoms with E-state index in [0.717, 1.165) is 5.56 Å². The van der Waals surface area contributed by atoms with Gasteiger partial charge in [0.15, 0.2) is 0 Å². The first-order chi connectivity index (χ1) is 8.92. The highest BCUT2D eigenvalue weighted by Crippen LogP contribution is 2.15. The molecule has 0 unspecified atom stereocenters. The van der Waals surface area contributed by atoms with Crippen LogP contribution in [0.1, 0.15) is 22.8 Å². The molecule has 0 spiro atoms. The van der Waals surface area contributed by atoms with E-state index in [9.17, 15) is 13.2 Å². The molecule has 0 aliphatic rings. The van der Waals surface area contributed by atoms with Crippen molar-refractivity contribution in [3.63, 3.8) is 0 Å². The molecule has 1 amide bonds. The predicted molar refractivity (Wildman–Crippen MR) is 74.6 cm³/mol. The number of carbonyl (C=O) groups excluding carboxylic acids is 1. The van der Waals surface area contributed by atoms with Gasteiger partial charge >= 0.3 is 0 Å². The predicted octanol–water partition coefficient (Wildman–Crippen LogP) is 1.21. The first-order valence-electron chi connectivity index (χ1n) is 5.91. The van der Waals surface area contributed by atoms with E-state index in [2.05, 4.69) is 16.6 Å². The number of carbonyl (C=O) groups is 1. The minimum atomic E-state index is -3.55. The number of aryl methyl sites for hydroxylation is 1. The van der Waals surface area contributed by atoms with Gasteiger partial charge in [-0.1, -0.05) is 19.1 Å². The molecule has 0 aliphatic carbocycles. The maximum Gasteiger partial charge on any atom is 0.251 e. The summed E-state index contributed by atoms with van der Waals surface area (Å²) in [4.78, 5) is 12.0. The van der Waals surface area contributed by atoms with E-state index in [0.29, 0.717) is 18.7 Å². The third kappa shape index (κ3) is 3.90. The fraction of sp³-hybridized carbons (Fsp3) is 0.308. The first kappa shape index (κ1) is 15.4. The van der Waals surface area contributed by atoms with Crippen LogP contribution < -0.4 is 10.0 Å². The van der Waals surface area contributed by atoms with Crippen LogP contribution in [0, 0.1) is 6.92 Å². The molecule has 6 heteroatoms. The SMILES string of the molecule is C=CCNC(=O)c1cc(S(=O)(=O)NCC)ccc1C. The third-order valence-electron chi connectivity index (χ3n) is 2.51. The van der Waals surface area contributed by atoms with Gasteiger partial charge < -0.3 is 5.32 Å². The molecule has 1 aromatic rings. The minimum Gasteiger partial charge on any atom is -0.349 e. The van der Waals surface area contributed by atoms with Gasteiger partial charge in [0.2, 0.25) is 10.0 Å². The quantitative estimate of drug-likeness (QED) is 0.770. The highest BCUT2D eigenvalue weighted by Gasteiger charge is 2.16. The van der Waals surface area contributed by atoms with Crippen LogP contribution in [0.5, 0.6) is 0 Å². The van der Waals surface area contributed by atoms with E-state index in [4.69, 9.17) is 0 Å². The average molecular weight is 282 g/mol. The van der Waals surface area contributed by atoms with Crippen molar-refractivity contribution < 1.29 is 13.2 Å². The van der Waals surface area contributed by atoms with Crippen LogP contribution >= 0.6 is 0 Å². The fourth-order valence-electron chi connectivity index (χ4n) is 1.55. The highest BCUT2D eigenvalue weighted by atomic mass is 32.2. The van der Waals surface area contributed by atoms with E-state index in [1.54, 1.807) is 26.0 Å². The normalized spacial score (nSPS) is 11.1. The Kier molecular flexibility index (Phi) is 5.26. The summed E-state index contributed by atoms with van der Waals surface area (Å²) in [5.74, 6) is -0.314. The van der Waals surface area contributed by atoms with Crippen molar-refractivity contribution in [2.45, 2.75) is 18.7 Å². The lowest BCUT2D eigenvalue weighted by molar-refractivity contribution is 0.0957. The minimum absolute atomic E-state index is 0.0868. The van der Waals surface area contributed by atoms with Crippen LogP contribution in [0.25, 0.3) is 0 Å². The summed E-state index contributed by atoms with van der Waals surface area (Å²) in [5, 5.41) is 2.63. The Bertz CT molecular complexity index is 580. The van der Waals surface area contributed by atoms with Crippen molar-refractivity contribution in [3.05, 3.63) is 42.0 Å². The number of hydrogen-bond donors (Lipinski definition) is 2. The summed E-state index contributed by atoms with van der Waals surface area (Å²) >= 11 is 0. The van der Waals surface area contributed by atoms with Crippen molar-refractivity contribution >= 4 is 15.9 Å². The maximum atomic E-state index is 11.9. The largest absolute Gasteiger partial charge is 0.349 e. The molecule has 0 heterocycles. The van der Waals surface area contributed by atoms with Crippen molar-refractivity contribution in [2.75, 3.05) is 13.1 Å². The molecule has 19 heavy (non-hydrogen) atoms. The van der Waals surface area contributed by atoms with E-state index >= 15 is 0 Å². The van der Waals surface area contributed by atoms with Gasteiger partial charge in [-0.05, 0) is 24.6 Å². The van der Waals surface area contributed by atoms with Crippen LogP contribution in [0.4, 0.5) is 0 Å². The Morgan fingerprint density at radius 1 is 1.42 bits per heavy atom. The number of benzene rings is 1. The highest BCUT2D eigenvalue weighted by molar-refractivity contribution is 7.89. The zero-order chi connectivity index (χ0) is 14.5. The number of rotatable bonds is 6. The van der Waals surface area contributed by atoms with Crippen molar-refractivity contribution in [2.24, 2.45) is 0 Å². The summed E-state index contributed by atoms with van der Waals surface area (Å²) in [5.41, 5.74) is 1.07. The maximum absolute atomic E-state index is 11.9. The monoisotopic (exact) mass is 282 g/mol. The molecular weight excluding hydrogens is 264 g/mol. The van der Waals surface area contributed by atoms with Gasteiger partial charge in [0.25, 0.3) is 5.91 Å². The van der Waals surface area contributed by atoms with Crippen molar-refractivity contribution in [1.29, 1.82) is 0 Å². The number of nitrogens with one attached hydrogen (secondary N) is 2. The van der Waals surface area contributed by atoms with Gasteiger partial charge in [0.05, 0.1) is 4.90 Å². The number of sulfonamides is 1. The molecule has 0 saturated carbocycles. The van der Waals surface area contributed by atoms with Crippen LogP contribution in [0.2, 0.25) is 0 Å². The molecule has 0 radical (unpaired) electrons. The lowest BCUT2D eigenvalue weighted by Crippen LogP contribution is -2.26. The zero-order valence-corrected chi connectivity index (χ0v) is 11.9. The van der Waals surface area contributed by atoms with Crippen LogP contribution in [-0.4, -0.2) is 27.4 Å². The standard InChI is InChI=1S/C13H18N2O3S/c1-4-8-14-13(16)12-9-11(7-6-10(12)3)19(17,18)15-5-2/h4,6-7,9,15H,1,5,8H2,2-3H3,(H,14,16). The Morgan fingerprint density at radius 3 is 2.68 bits per heavy atom. The Hall–Kier alpha value is -1.66. The molecule has 0 bridgehead atoms. The third-order valence-corrected chi connectivity index (χ3v) is 4.05. The smallest absolute Gasteiger partial charge is 0.251 e. The number of hydrogen-bond acceptors (Lipinski definition) is 3. The van der Waals surface area contributed by atoms with Crippen molar-refractivity contribution in [1.82, 2.24) is 10.0 Å². The van der Waals surface area contributed by atoms with Crippen molar-refractivity contribution in [3.8, 4) is 0 Å². The molecule has 1 rings (SSSR count). The van der Waals surface area contributed by atoms with E-state index in [1.165, 1.54) is 12.1 Å². The molecule has 0 saturated heterocycles. The second-order valence-electron chi connectivity index (χ2n) is 3.98. The second-order valence-corrected chi connectivity index (χ2v) is 5.74. The molecule has 2 N–H and O–H groups in total. The van der Waals surface area contributed by atoms with Crippen LogP contribution in [0.15, 0.2) is 35.7 Å². The second kappa shape index (κ2) is 6.49. The molecule has 5 nitrogen and oxygen atoms in total. The topological polar surface area (TPSA) is 75.3 Å². The fourth-order valence-corrected chi connectivity index (χ4v) is 2.61. The molecule has 0 atom stereocenters. The summed E-state index contributed by atoms with van der Waals surface area (Å²) in [6.45, 7) is 7.60. The zero-order valence-electron chi connectivity index (χ0n) is 11.1. The molecule has 104 valence electrons. The van der Waals surface area contributed by atoms with E-state index in [1.807, 2.05) is 0 Å². The summed E-state index contributed by atoms with van der Waals surface area (Å²) in [6.07, 6.45) is 1.56. The first-order valence-corrected chi connectivity index (χ1v) is 7.40. The molecule has 0 fully saturated rings. The van der Waals surface area contributed by atoms with Crippen LogP contribution in [0.3, 0.4) is 0 Å². The molecule has 0 aromatic heterocycles. The Morgan fingerprint density at radius 2 is 2.11 bits per heavy atom. The van der Waals surface area contributed by atoms with Gasteiger partial charge in [-0.15, -0.1) is 6.58 Å². The molecule has 1 aromatic carbocycles. The van der Waals surface area contributed by atoms with Gasteiger partial charge in [-0.3, -0.25) is 4.79 Å². The number of amides is 1. The summed E-state index contributed by atoms with van der Waals surface area (Å²) in [6, 6.07) is 4.48. The Balaban J connectivity index is 3.14. The van der Waals surface area contributed by atoms with Gasteiger partial charge in [0.1, 0.15) is 0 Å². The van der Waals surface area contributed by atoms with Gasteiger partial charge in [0, 0.05) is 18.7 Å². The molecular formula is C13H18N2O3S. The van der Waals surface area contributed by atoms with E-state index < -0.39 is 10.0 Å². The summed E-state index contributed by atoms with van der Waals surface area (Å²) < 4.78 is 26.1. The lowest BCUT2D eigenvalue weighted by atomic mass is 10.1. The summed E-state index contributed by atoms with van der Waals surface area (Å²) in [7, 11) is -3.55. The Labute approximate surface area is 113 Å².